The Morgan fingerprint density at radius 1 is 1.35 bits per heavy atom. The summed E-state index contributed by atoms with van der Waals surface area (Å²) in [5, 5.41) is 12.2. The Hall–Kier alpha value is -1.44. The van der Waals surface area contributed by atoms with Crippen molar-refractivity contribution in [3.63, 3.8) is 0 Å². The van der Waals surface area contributed by atoms with Crippen molar-refractivity contribution in [1.29, 1.82) is 5.26 Å². The van der Waals surface area contributed by atoms with Crippen molar-refractivity contribution >= 4 is 0 Å². The van der Waals surface area contributed by atoms with E-state index in [-0.39, 0.29) is 11.9 Å². The largest absolute Gasteiger partial charge is 0.314 e. The van der Waals surface area contributed by atoms with E-state index in [4.69, 9.17) is 5.26 Å². The molecule has 0 amide bonds. The second kappa shape index (κ2) is 5.76. The molecule has 0 saturated carbocycles. The number of rotatable bonds is 3. The Balaban J connectivity index is 2.22. The van der Waals surface area contributed by atoms with Gasteiger partial charge < -0.3 is 5.32 Å². The van der Waals surface area contributed by atoms with Crippen LogP contribution in [-0.4, -0.2) is 31.1 Å². The third-order valence-corrected chi connectivity index (χ3v) is 3.14. The molecular weight excluding hydrogens is 217 g/mol. The molecule has 4 heteroatoms. The molecule has 0 unspecified atom stereocenters. The first-order valence-electron chi connectivity index (χ1n) is 5.89. The Morgan fingerprint density at radius 2 is 2.06 bits per heavy atom. The van der Waals surface area contributed by atoms with Crippen LogP contribution in [0.3, 0.4) is 0 Å². The number of nitrogens with zero attached hydrogens (tertiary/aromatic N) is 2. The van der Waals surface area contributed by atoms with Gasteiger partial charge in [-0.05, 0) is 6.07 Å². The average molecular weight is 233 g/mol. The van der Waals surface area contributed by atoms with Crippen LogP contribution in [0.25, 0.3) is 0 Å². The molecule has 1 aromatic rings. The van der Waals surface area contributed by atoms with Gasteiger partial charge in [0, 0.05) is 31.7 Å². The fourth-order valence-electron chi connectivity index (χ4n) is 2.26. The van der Waals surface area contributed by atoms with Crippen LogP contribution in [0.4, 0.5) is 4.39 Å². The number of halogens is 1. The van der Waals surface area contributed by atoms with Crippen LogP contribution >= 0.6 is 0 Å². The van der Waals surface area contributed by atoms with Crippen LogP contribution in [-0.2, 0) is 0 Å². The van der Waals surface area contributed by atoms with Gasteiger partial charge >= 0.3 is 0 Å². The fraction of sp³-hybridized carbons (Fsp3) is 0.462. The quantitative estimate of drug-likeness (QED) is 0.863. The summed E-state index contributed by atoms with van der Waals surface area (Å²) in [7, 11) is 0. The SMILES string of the molecule is N#CC[C@H](c1ccccc1F)N1CCNCC1. The van der Waals surface area contributed by atoms with Gasteiger partial charge in [0.1, 0.15) is 5.82 Å². The maximum Gasteiger partial charge on any atom is 0.128 e. The van der Waals surface area contributed by atoms with Crippen LogP contribution in [0.15, 0.2) is 24.3 Å². The molecule has 0 aromatic heterocycles. The summed E-state index contributed by atoms with van der Waals surface area (Å²) in [6, 6.07) is 8.78. The molecule has 1 fully saturated rings. The third-order valence-electron chi connectivity index (χ3n) is 3.14. The van der Waals surface area contributed by atoms with Gasteiger partial charge in [0.05, 0.1) is 18.5 Å². The van der Waals surface area contributed by atoms with Crippen molar-refractivity contribution < 1.29 is 4.39 Å². The average Bonchev–Trinajstić information content (AvgIpc) is 2.38. The molecule has 0 bridgehead atoms. The van der Waals surface area contributed by atoms with Gasteiger partial charge in [-0.1, -0.05) is 18.2 Å². The van der Waals surface area contributed by atoms with Gasteiger partial charge in [-0.15, -0.1) is 0 Å². The number of nitriles is 1. The first-order valence-corrected chi connectivity index (χ1v) is 5.89. The summed E-state index contributed by atoms with van der Waals surface area (Å²) in [6.45, 7) is 3.52. The normalized spacial score (nSPS) is 18.6. The van der Waals surface area contributed by atoms with E-state index < -0.39 is 0 Å². The minimum atomic E-state index is -0.216. The number of hydrogen-bond acceptors (Lipinski definition) is 3. The van der Waals surface area contributed by atoms with Crippen LogP contribution in [0.5, 0.6) is 0 Å². The molecule has 1 saturated heterocycles. The van der Waals surface area contributed by atoms with E-state index >= 15 is 0 Å². The maximum absolute atomic E-state index is 13.8. The zero-order chi connectivity index (χ0) is 12.1. The molecule has 17 heavy (non-hydrogen) atoms. The molecule has 3 nitrogen and oxygen atoms in total. The molecule has 0 aliphatic carbocycles. The van der Waals surface area contributed by atoms with Gasteiger partial charge in [-0.2, -0.15) is 5.26 Å². The molecule has 1 N–H and O–H groups in total. The Kier molecular flexibility index (Phi) is 4.08. The zero-order valence-electron chi connectivity index (χ0n) is 9.69. The second-order valence-electron chi connectivity index (χ2n) is 4.19. The van der Waals surface area contributed by atoms with Gasteiger partial charge in [-0.25, -0.2) is 4.39 Å². The third kappa shape index (κ3) is 2.82. The molecule has 1 aliphatic heterocycles. The highest BCUT2D eigenvalue weighted by atomic mass is 19.1. The molecule has 0 radical (unpaired) electrons. The lowest BCUT2D eigenvalue weighted by atomic mass is 10.0. The van der Waals surface area contributed by atoms with Gasteiger partial charge in [0.25, 0.3) is 0 Å². The van der Waals surface area contributed by atoms with Crippen LogP contribution < -0.4 is 5.32 Å². The summed E-state index contributed by atoms with van der Waals surface area (Å²) in [4.78, 5) is 2.18. The van der Waals surface area contributed by atoms with Crippen molar-refractivity contribution in [3.05, 3.63) is 35.6 Å². The first kappa shape index (κ1) is 12.0. The topological polar surface area (TPSA) is 39.1 Å². The lowest BCUT2D eigenvalue weighted by molar-refractivity contribution is 0.172. The number of hydrogen-bond donors (Lipinski definition) is 1. The highest BCUT2D eigenvalue weighted by Crippen LogP contribution is 2.26. The first-order chi connectivity index (χ1) is 8.33. The van der Waals surface area contributed by atoms with Crippen molar-refractivity contribution in [1.82, 2.24) is 10.2 Å². The van der Waals surface area contributed by atoms with Crippen molar-refractivity contribution in [2.75, 3.05) is 26.2 Å². The van der Waals surface area contributed by atoms with E-state index in [1.54, 1.807) is 12.1 Å². The number of benzene rings is 1. The minimum Gasteiger partial charge on any atom is -0.314 e. The van der Waals surface area contributed by atoms with E-state index in [9.17, 15) is 4.39 Å². The summed E-state index contributed by atoms with van der Waals surface area (Å²) in [6.07, 6.45) is 0.334. The maximum atomic E-state index is 13.8. The minimum absolute atomic E-state index is 0.122. The lowest BCUT2D eigenvalue weighted by Crippen LogP contribution is -2.45. The zero-order valence-corrected chi connectivity index (χ0v) is 9.69. The van der Waals surface area contributed by atoms with Crippen LogP contribution in [0, 0.1) is 17.1 Å². The van der Waals surface area contributed by atoms with E-state index in [2.05, 4.69) is 16.3 Å². The van der Waals surface area contributed by atoms with Crippen LogP contribution in [0.1, 0.15) is 18.0 Å². The molecule has 1 heterocycles. The van der Waals surface area contributed by atoms with Crippen molar-refractivity contribution in [2.45, 2.75) is 12.5 Å². The highest BCUT2D eigenvalue weighted by Gasteiger charge is 2.23. The summed E-state index contributed by atoms with van der Waals surface area (Å²) >= 11 is 0. The van der Waals surface area contributed by atoms with Crippen molar-refractivity contribution in [2.24, 2.45) is 0 Å². The second-order valence-corrected chi connectivity index (χ2v) is 4.19. The van der Waals surface area contributed by atoms with E-state index in [0.717, 1.165) is 26.2 Å². The number of piperazine rings is 1. The molecular formula is C13H16FN3. The Labute approximate surface area is 101 Å². The molecule has 2 rings (SSSR count). The standard InChI is InChI=1S/C13H16FN3/c14-12-4-2-1-3-11(12)13(5-6-15)17-9-7-16-8-10-17/h1-4,13,16H,5,7-10H2/t13-/m1/s1. The van der Waals surface area contributed by atoms with Gasteiger partial charge in [-0.3, -0.25) is 4.90 Å². The number of nitrogens with one attached hydrogen (secondary N) is 1. The van der Waals surface area contributed by atoms with E-state index in [1.807, 2.05) is 6.07 Å². The van der Waals surface area contributed by atoms with Gasteiger partial charge in [0.2, 0.25) is 0 Å². The lowest BCUT2D eigenvalue weighted by Gasteiger charge is -2.34. The molecule has 1 atom stereocenters. The predicted octanol–water partition coefficient (Wildman–Crippen LogP) is 1.69. The van der Waals surface area contributed by atoms with E-state index in [1.165, 1.54) is 6.07 Å². The van der Waals surface area contributed by atoms with Gasteiger partial charge in [0.15, 0.2) is 0 Å². The predicted molar refractivity (Wildman–Crippen MR) is 63.8 cm³/mol. The molecule has 1 aromatic carbocycles. The summed E-state index contributed by atoms with van der Waals surface area (Å²) in [5.74, 6) is -0.216. The van der Waals surface area contributed by atoms with Crippen LogP contribution in [0.2, 0.25) is 0 Å². The Morgan fingerprint density at radius 3 is 2.71 bits per heavy atom. The smallest absolute Gasteiger partial charge is 0.128 e. The van der Waals surface area contributed by atoms with Crippen molar-refractivity contribution in [3.8, 4) is 6.07 Å². The molecule has 1 aliphatic rings. The van der Waals surface area contributed by atoms with E-state index in [0.29, 0.717) is 12.0 Å². The fourth-order valence-corrected chi connectivity index (χ4v) is 2.26. The highest BCUT2D eigenvalue weighted by molar-refractivity contribution is 5.22. The monoisotopic (exact) mass is 233 g/mol. The summed E-state index contributed by atoms with van der Waals surface area (Å²) < 4.78 is 13.8. The summed E-state index contributed by atoms with van der Waals surface area (Å²) in [5.41, 5.74) is 0.635. The molecule has 90 valence electrons. The Bertz CT molecular complexity index is 407. The molecule has 0 spiro atoms.